The van der Waals surface area contributed by atoms with E-state index in [1.165, 1.54) is 7.11 Å². The Morgan fingerprint density at radius 2 is 1.76 bits per heavy atom. The molecule has 29 heavy (non-hydrogen) atoms. The van der Waals surface area contributed by atoms with Crippen LogP contribution in [0.5, 0.6) is 11.5 Å². The number of methoxy groups -OCH3 is 1. The number of nitrogens with zero attached hydrogens (tertiary/aromatic N) is 1. The number of halogens is 2. The Kier molecular flexibility index (Phi) is 5.24. The summed E-state index contributed by atoms with van der Waals surface area (Å²) in [5.41, 5.74) is 3.89. The van der Waals surface area contributed by atoms with Crippen molar-refractivity contribution in [3.8, 4) is 22.6 Å². The first kappa shape index (κ1) is 18.7. The number of benzene rings is 3. The molecule has 0 aliphatic rings. The van der Waals surface area contributed by atoms with Gasteiger partial charge in [-0.1, -0.05) is 48.5 Å². The summed E-state index contributed by atoms with van der Waals surface area (Å²) < 4.78 is 41.0. The lowest BCUT2D eigenvalue weighted by atomic mass is 10.1. The highest BCUT2D eigenvalue weighted by atomic mass is 19.3. The highest BCUT2D eigenvalue weighted by Gasteiger charge is 2.14. The van der Waals surface area contributed by atoms with Crippen LogP contribution in [0.2, 0.25) is 0 Å². The molecule has 1 heterocycles. The number of ether oxygens (including phenoxy) is 2. The fourth-order valence-electron chi connectivity index (χ4n) is 3.03. The average molecular weight is 393 g/mol. The van der Waals surface area contributed by atoms with E-state index in [0.717, 1.165) is 11.1 Å². The van der Waals surface area contributed by atoms with Crippen molar-refractivity contribution in [2.24, 2.45) is 0 Å². The fourth-order valence-corrected chi connectivity index (χ4v) is 3.03. The van der Waals surface area contributed by atoms with Crippen molar-refractivity contribution in [3.63, 3.8) is 0 Å². The van der Waals surface area contributed by atoms with Crippen LogP contribution < -0.4 is 9.47 Å². The number of hydrogen-bond acceptors (Lipinski definition) is 4. The maximum atomic E-state index is 12.8. The molecule has 0 spiro atoms. The maximum absolute atomic E-state index is 12.8. The third-order valence-corrected chi connectivity index (χ3v) is 4.35. The van der Waals surface area contributed by atoms with Gasteiger partial charge in [0.1, 0.15) is 5.52 Å². The number of hydrogen-bond donors (Lipinski definition) is 0. The largest absolute Gasteiger partial charge is 0.493 e. The molecule has 1 aromatic heterocycles. The predicted octanol–water partition coefficient (Wildman–Crippen LogP) is 6.28. The van der Waals surface area contributed by atoms with Gasteiger partial charge >= 0.3 is 6.61 Å². The Morgan fingerprint density at radius 1 is 0.931 bits per heavy atom. The summed E-state index contributed by atoms with van der Waals surface area (Å²) in [6.45, 7) is -2.96. The number of oxazole rings is 1. The normalized spacial score (nSPS) is 11.4. The number of fused-ring (bicyclic) bond motifs is 1. The van der Waals surface area contributed by atoms with Crippen LogP contribution in [0.1, 0.15) is 11.5 Å². The van der Waals surface area contributed by atoms with Gasteiger partial charge in [0.25, 0.3) is 0 Å². The molecular formula is C23H17F2NO3. The lowest BCUT2D eigenvalue weighted by Gasteiger charge is -2.12. The van der Waals surface area contributed by atoms with E-state index in [9.17, 15) is 8.78 Å². The van der Waals surface area contributed by atoms with Crippen molar-refractivity contribution < 1.29 is 22.7 Å². The zero-order valence-electron chi connectivity index (χ0n) is 15.5. The van der Waals surface area contributed by atoms with Crippen molar-refractivity contribution in [3.05, 3.63) is 78.2 Å². The van der Waals surface area contributed by atoms with Crippen molar-refractivity contribution in [2.75, 3.05) is 7.11 Å². The van der Waals surface area contributed by atoms with Gasteiger partial charge in [0, 0.05) is 11.6 Å². The van der Waals surface area contributed by atoms with Crippen LogP contribution in [0.25, 0.3) is 34.4 Å². The number of alkyl halides is 2. The zero-order valence-corrected chi connectivity index (χ0v) is 15.5. The quantitative estimate of drug-likeness (QED) is 0.387. The van der Waals surface area contributed by atoms with Crippen LogP contribution in [-0.2, 0) is 0 Å². The SMILES string of the molecule is COc1cccc(C=Cc2nc3cc(-c4ccccc4)ccc3o2)c1OC(F)F. The Hall–Kier alpha value is -3.67. The Morgan fingerprint density at radius 3 is 2.52 bits per heavy atom. The van der Waals surface area contributed by atoms with Gasteiger partial charge in [-0.15, -0.1) is 0 Å². The minimum Gasteiger partial charge on any atom is -0.493 e. The summed E-state index contributed by atoms with van der Waals surface area (Å²) in [6.07, 6.45) is 3.21. The molecule has 0 N–H and O–H groups in total. The second-order valence-electron chi connectivity index (χ2n) is 6.19. The van der Waals surface area contributed by atoms with Crippen LogP contribution >= 0.6 is 0 Å². The number of rotatable bonds is 6. The molecule has 0 aliphatic carbocycles. The topological polar surface area (TPSA) is 44.5 Å². The second-order valence-corrected chi connectivity index (χ2v) is 6.19. The maximum Gasteiger partial charge on any atom is 0.387 e. The number of para-hydroxylation sites is 1. The third kappa shape index (κ3) is 4.11. The minimum atomic E-state index is -2.96. The smallest absolute Gasteiger partial charge is 0.387 e. The highest BCUT2D eigenvalue weighted by molar-refractivity contribution is 5.82. The lowest BCUT2D eigenvalue weighted by molar-refractivity contribution is -0.0513. The molecule has 0 amide bonds. The molecule has 0 fully saturated rings. The molecule has 4 rings (SSSR count). The standard InChI is InChI=1S/C23H17F2NO3/c1-27-20-9-5-8-16(22(20)29-23(24)25)11-13-21-26-18-14-17(10-12-19(18)28-21)15-6-3-2-4-7-15/h2-14,23H,1H3. The second kappa shape index (κ2) is 8.14. The van der Waals surface area contributed by atoms with Crippen molar-refractivity contribution in [1.29, 1.82) is 0 Å². The van der Waals surface area contributed by atoms with E-state index in [0.29, 0.717) is 22.6 Å². The van der Waals surface area contributed by atoms with E-state index < -0.39 is 6.61 Å². The number of aromatic nitrogens is 1. The van der Waals surface area contributed by atoms with Crippen molar-refractivity contribution in [1.82, 2.24) is 4.98 Å². The van der Waals surface area contributed by atoms with E-state index >= 15 is 0 Å². The molecule has 0 bridgehead atoms. The van der Waals surface area contributed by atoms with Crippen molar-refractivity contribution in [2.45, 2.75) is 6.61 Å². The molecule has 4 nitrogen and oxygen atoms in total. The zero-order chi connectivity index (χ0) is 20.2. The van der Waals surface area contributed by atoms with E-state index in [2.05, 4.69) is 9.72 Å². The summed E-state index contributed by atoms with van der Waals surface area (Å²) in [4.78, 5) is 4.47. The Labute approximate surface area is 166 Å². The van der Waals surface area contributed by atoms with Crippen LogP contribution in [0.4, 0.5) is 8.78 Å². The van der Waals surface area contributed by atoms with E-state index in [-0.39, 0.29) is 11.5 Å². The first-order chi connectivity index (χ1) is 14.1. The molecule has 0 saturated carbocycles. The average Bonchev–Trinajstić information content (AvgIpc) is 3.15. The van der Waals surface area contributed by atoms with Gasteiger partial charge in [0.15, 0.2) is 17.1 Å². The molecule has 6 heteroatoms. The molecule has 3 aromatic carbocycles. The van der Waals surface area contributed by atoms with Gasteiger partial charge in [-0.05, 0) is 35.4 Å². The van der Waals surface area contributed by atoms with Crippen LogP contribution in [0.15, 0.2) is 71.1 Å². The molecule has 0 unspecified atom stereocenters. The summed E-state index contributed by atoms with van der Waals surface area (Å²) in [5.74, 6) is 0.539. The summed E-state index contributed by atoms with van der Waals surface area (Å²) in [5, 5.41) is 0. The van der Waals surface area contributed by atoms with E-state index in [4.69, 9.17) is 9.15 Å². The van der Waals surface area contributed by atoms with Gasteiger partial charge in [-0.3, -0.25) is 0 Å². The summed E-state index contributed by atoms with van der Waals surface area (Å²) in [6, 6.07) is 20.6. The van der Waals surface area contributed by atoms with Crippen molar-refractivity contribution >= 4 is 23.3 Å². The van der Waals surface area contributed by atoms with E-state index in [1.54, 1.807) is 30.4 Å². The minimum absolute atomic E-state index is 0.0382. The van der Waals surface area contributed by atoms with Gasteiger partial charge in [-0.2, -0.15) is 8.78 Å². The Balaban J connectivity index is 1.65. The molecule has 146 valence electrons. The first-order valence-electron chi connectivity index (χ1n) is 8.90. The summed E-state index contributed by atoms with van der Waals surface area (Å²) >= 11 is 0. The first-order valence-corrected chi connectivity index (χ1v) is 8.90. The molecule has 0 atom stereocenters. The fraction of sp³-hybridized carbons (Fsp3) is 0.0870. The Bertz CT molecular complexity index is 1150. The van der Waals surface area contributed by atoms with E-state index in [1.807, 2.05) is 48.5 Å². The lowest BCUT2D eigenvalue weighted by Crippen LogP contribution is -2.04. The van der Waals surface area contributed by atoms with Gasteiger partial charge < -0.3 is 13.9 Å². The van der Waals surface area contributed by atoms with Crippen LogP contribution in [-0.4, -0.2) is 18.7 Å². The van der Waals surface area contributed by atoms with Gasteiger partial charge in [-0.25, -0.2) is 4.98 Å². The monoisotopic (exact) mass is 393 g/mol. The van der Waals surface area contributed by atoms with Gasteiger partial charge in [0.2, 0.25) is 5.89 Å². The van der Waals surface area contributed by atoms with Gasteiger partial charge in [0.05, 0.1) is 7.11 Å². The predicted molar refractivity (Wildman–Crippen MR) is 108 cm³/mol. The summed E-state index contributed by atoms with van der Waals surface area (Å²) in [7, 11) is 1.40. The highest BCUT2D eigenvalue weighted by Crippen LogP contribution is 2.34. The van der Waals surface area contributed by atoms with Crippen LogP contribution in [0, 0.1) is 0 Å². The van der Waals surface area contributed by atoms with Crippen LogP contribution in [0.3, 0.4) is 0 Å². The molecule has 0 radical (unpaired) electrons. The molecule has 4 aromatic rings. The molecular weight excluding hydrogens is 376 g/mol. The molecule has 0 saturated heterocycles. The third-order valence-electron chi connectivity index (χ3n) is 4.35. The molecule has 0 aliphatic heterocycles.